The SMILES string of the molecule is O=C(/C=C/c1cccs1)N(C[C@@H]1CCCO1)[C@H]1CCS(=O)(=O)C1. The quantitative estimate of drug-likeness (QED) is 0.758. The van der Waals surface area contributed by atoms with Crippen molar-refractivity contribution in [2.45, 2.75) is 31.4 Å². The van der Waals surface area contributed by atoms with Crippen molar-refractivity contribution in [3.63, 3.8) is 0 Å². The van der Waals surface area contributed by atoms with Crippen LogP contribution in [0.1, 0.15) is 24.1 Å². The highest BCUT2D eigenvalue weighted by atomic mass is 32.2. The van der Waals surface area contributed by atoms with Crippen LogP contribution in [-0.2, 0) is 19.4 Å². The van der Waals surface area contributed by atoms with E-state index in [9.17, 15) is 13.2 Å². The highest BCUT2D eigenvalue weighted by Crippen LogP contribution is 2.22. The number of thiophene rings is 1. The van der Waals surface area contributed by atoms with Gasteiger partial charge in [0.2, 0.25) is 5.91 Å². The Balaban J connectivity index is 1.72. The van der Waals surface area contributed by atoms with Gasteiger partial charge in [0, 0.05) is 30.1 Å². The number of carbonyl (C=O) groups is 1. The summed E-state index contributed by atoms with van der Waals surface area (Å²) >= 11 is 1.56. The molecule has 5 nitrogen and oxygen atoms in total. The lowest BCUT2D eigenvalue weighted by Gasteiger charge is -2.29. The topological polar surface area (TPSA) is 63.7 Å². The molecule has 0 saturated carbocycles. The van der Waals surface area contributed by atoms with Gasteiger partial charge in [0.25, 0.3) is 0 Å². The van der Waals surface area contributed by atoms with Crippen LogP contribution in [-0.4, -0.2) is 56.0 Å². The normalized spacial score (nSPS) is 26.8. The van der Waals surface area contributed by atoms with E-state index < -0.39 is 9.84 Å². The molecule has 0 radical (unpaired) electrons. The zero-order valence-electron chi connectivity index (χ0n) is 12.9. The largest absolute Gasteiger partial charge is 0.376 e. The van der Waals surface area contributed by atoms with Crippen molar-refractivity contribution in [1.82, 2.24) is 4.90 Å². The highest BCUT2D eigenvalue weighted by molar-refractivity contribution is 7.91. The Kier molecular flexibility index (Phi) is 5.18. The molecule has 7 heteroatoms. The van der Waals surface area contributed by atoms with Gasteiger partial charge in [0.05, 0.1) is 17.6 Å². The van der Waals surface area contributed by atoms with Gasteiger partial charge >= 0.3 is 0 Å². The van der Waals surface area contributed by atoms with Crippen molar-refractivity contribution in [2.24, 2.45) is 0 Å². The average Bonchev–Trinajstić information content (AvgIpc) is 3.24. The van der Waals surface area contributed by atoms with Crippen LogP contribution in [0, 0.1) is 0 Å². The van der Waals surface area contributed by atoms with Crippen molar-refractivity contribution in [3.8, 4) is 0 Å². The molecule has 2 atom stereocenters. The molecule has 0 bridgehead atoms. The minimum atomic E-state index is -3.02. The standard InChI is InChI=1S/C16H21NO4S2/c18-16(6-5-15-4-2-9-22-15)17(11-14-3-1-8-21-14)13-7-10-23(19,20)12-13/h2,4-6,9,13-14H,1,3,7-8,10-12H2/b6-5+/t13-,14-/m0/s1. The number of hydrogen-bond acceptors (Lipinski definition) is 5. The number of ether oxygens (including phenoxy) is 1. The summed E-state index contributed by atoms with van der Waals surface area (Å²) in [6, 6.07) is 3.64. The number of hydrogen-bond donors (Lipinski definition) is 0. The summed E-state index contributed by atoms with van der Waals surface area (Å²) in [6.07, 6.45) is 5.81. The second-order valence-electron chi connectivity index (χ2n) is 6.03. The van der Waals surface area contributed by atoms with E-state index in [2.05, 4.69) is 0 Å². The Morgan fingerprint density at radius 3 is 2.91 bits per heavy atom. The highest BCUT2D eigenvalue weighted by Gasteiger charge is 2.35. The summed E-state index contributed by atoms with van der Waals surface area (Å²) in [5.74, 6) is 0.107. The summed E-state index contributed by atoms with van der Waals surface area (Å²) < 4.78 is 29.2. The second kappa shape index (κ2) is 7.15. The lowest BCUT2D eigenvalue weighted by Crippen LogP contribution is -2.44. The maximum Gasteiger partial charge on any atom is 0.246 e. The third-order valence-electron chi connectivity index (χ3n) is 4.29. The van der Waals surface area contributed by atoms with Gasteiger partial charge in [-0.25, -0.2) is 8.42 Å². The van der Waals surface area contributed by atoms with Gasteiger partial charge in [0.15, 0.2) is 9.84 Å². The smallest absolute Gasteiger partial charge is 0.246 e. The fraction of sp³-hybridized carbons (Fsp3) is 0.562. The molecule has 0 unspecified atom stereocenters. The fourth-order valence-corrected chi connectivity index (χ4v) is 5.43. The molecule has 2 saturated heterocycles. The minimum Gasteiger partial charge on any atom is -0.376 e. The van der Waals surface area contributed by atoms with E-state index in [1.54, 1.807) is 28.4 Å². The molecule has 3 heterocycles. The van der Waals surface area contributed by atoms with E-state index in [4.69, 9.17) is 4.74 Å². The molecule has 23 heavy (non-hydrogen) atoms. The second-order valence-corrected chi connectivity index (χ2v) is 9.24. The van der Waals surface area contributed by atoms with Gasteiger partial charge in [-0.3, -0.25) is 4.79 Å². The van der Waals surface area contributed by atoms with E-state index in [-0.39, 0.29) is 29.6 Å². The van der Waals surface area contributed by atoms with Crippen LogP contribution in [0.15, 0.2) is 23.6 Å². The zero-order valence-corrected chi connectivity index (χ0v) is 14.5. The van der Waals surface area contributed by atoms with Crippen molar-refractivity contribution >= 4 is 33.2 Å². The predicted molar refractivity (Wildman–Crippen MR) is 91.1 cm³/mol. The monoisotopic (exact) mass is 355 g/mol. The Labute approximate surface area is 140 Å². The molecule has 2 aliphatic heterocycles. The molecular formula is C16H21NO4S2. The Morgan fingerprint density at radius 1 is 1.43 bits per heavy atom. The van der Waals surface area contributed by atoms with Crippen LogP contribution < -0.4 is 0 Å². The molecule has 1 aromatic rings. The first-order valence-electron chi connectivity index (χ1n) is 7.88. The number of nitrogens with zero attached hydrogens (tertiary/aromatic N) is 1. The number of sulfone groups is 1. The van der Waals surface area contributed by atoms with Crippen LogP contribution >= 0.6 is 11.3 Å². The third kappa shape index (κ3) is 4.43. The third-order valence-corrected chi connectivity index (χ3v) is 6.88. The van der Waals surface area contributed by atoms with Crippen molar-refractivity contribution in [1.29, 1.82) is 0 Å². The minimum absolute atomic E-state index is 0.0254. The Bertz CT molecular complexity index is 660. The lowest BCUT2D eigenvalue weighted by molar-refractivity contribution is -0.129. The van der Waals surface area contributed by atoms with E-state index >= 15 is 0 Å². The van der Waals surface area contributed by atoms with E-state index in [0.29, 0.717) is 13.0 Å². The molecule has 2 aliphatic rings. The van der Waals surface area contributed by atoms with Gasteiger partial charge in [0.1, 0.15) is 0 Å². The maximum atomic E-state index is 12.6. The van der Waals surface area contributed by atoms with Crippen LogP contribution in [0.2, 0.25) is 0 Å². The van der Waals surface area contributed by atoms with Gasteiger partial charge in [-0.2, -0.15) is 0 Å². The molecule has 1 amide bonds. The molecule has 0 aliphatic carbocycles. The molecule has 0 aromatic carbocycles. The van der Waals surface area contributed by atoms with Crippen LogP contribution in [0.25, 0.3) is 6.08 Å². The molecule has 3 rings (SSSR count). The first-order valence-corrected chi connectivity index (χ1v) is 10.6. The molecular weight excluding hydrogens is 334 g/mol. The van der Waals surface area contributed by atoms with Gasteiger partial charge < -0.3 is 9.64 Å². The summed E-state index contributed by atoms with van der Waals surface area (Å²) in [4.78, 5) is 15.3. The summed E-state index contributed by atoms with van der Waals surface area (Å²) in [6.45, 7) is 1.20. The van der Waals surface area contributed by atoms with Crippen LogP contribution in [0.3, 0.4) is 0 Å². The molecule has 2 fully saturated rings. The maximum absolute atomic E-state index is 12.6. The Hall–Kier alpha value is -1.18. The van der Waals surface area contributed by atoms with E-state index in [1.807, 2.05) is 17.5 Å². The van der Waals surface area contributed by atoms with Crippen molar-refractivity contribution < 1.29 is 17.9 Å². The molecule has 0 N–H and O–H groups in total. The number of rotatable bonds is 5. The van der Waals surface area contributed by atoms with Gasteiger partial charge in [-0.05, 0) is 36.8 Å². The van der Waals surface area contributed by atoms with Crippen LogP contribution in [0.4, 0.5) is 0 Å². The average molecular weight is 355 g/mol. The summed E-state index contributed by atoms with van der Waals surface area (Å²) in [5, 5.41) is 1.96. The molecule has 1 aromatic heterocycles. The predicted octanol–water partition coefficient (Wildman–Crippen LogP) is 1.96. The number of carbonyl (C=O) groups excluding carboxylic acids is 1. The fourth-order valence-electron chi connectivity index (χ4n) is 3.08. The molecule has 0 spiro atoms. The molecule has 126 valence electrons. The van der Waals surface area contributed by atoms with E-state index in [0.717, 1.165) is 24.3 Å². The first kappa shape index (κ1) is 16.7. The van der Waals surface area contributed by atoms with E-state index in [1.165, 1.54) is 0 Å². The van der Waals surface area contributed by atoms with Gasteiger partial charge in [-0.1, -0.05) is 6.07 Å². The van der Waals surface area contributed by atoms with Crippen molar-refractivity contribution in [2.75, 3.05) is 24.7 Å². The Morgan fingerprint density at radius 2 is 2.30 bits per heavy atom. The summed E-state index contributed by atoms with van der Waals surface area (Å²) in [7, 11) is -3.02. The lowest BCUT2D eigenvalue weighted by atomic mass is 10.1. The van der Waals surface area contributed by atoms with Crippen molar-refractivity contribution in [3.05, 3.63) is 28.5 Å². The van der Waals surface area contributed by atoms with Gasteiger partial charge in [-0.15, -0.1) is 11.3 Å². The number of amides is 1. The van der Waals surface area contributed by atoms with Crippen LogP contribution in [0.5, 0.6) is 0 Å². The summed E-state index contributed by atoms with van der Waals surface area (Å²) in [5.41, 5.74) is 0. The first-order chi connectivity index (χ1) is 11.0. The zero-order chi connectivity index (χ0) is 16.3.